The molecule has 0 fully saturated rings. The van der Waals surface area contributed by atoms with Crippen LogP contribution < -0.4 is 9.47 Å². The fourth-order valence-electron chi connectivity index (χ4n) is 3.81. The average molecular weight is 406 g/mol. The van der Waals surface area contributed by atoms with Crippen LogP contribution in [0.3, 0.4) is 0 Å². The number of hydrogen-bond acceptors (Lipinski definition) is 4. The Bertz CT molecular complexity index is 1010. The zero-order valence-corrected chi connectivity index (χ0v) is 17.3. The highest BCUT2D eigenvalue weighted by molar-refractivity contribution is 7.08. The number of carbonyl (C=O) groups excluding carboxylic acids is 1. The molecule has 1 atom stereocenters. The van der Waals surface area contributed by atoms with Crippen LogP contribution in [0.5, 0.6) is 11.5 Å². The summed E-state index contributed by atoms with van der Waals surface area (Å²) in [7, 11) is 3.28. The molecule has 5 heteroatoms. The summed E-state index contributed by atoms with van der Waals surface area (Å²) in [6.07, 6.45) is 4.33. The van der Waals surface area contributed by atoms with Crippen LogP contribution in [0.15, 0.2) is 65.4 Å². The van der Waals surface area contributed by atoms with E-state index in [0.29, 0.717) is 12.3 Å². The fourth-order valence-corrected chi connectivity index (χ4v) is 4.44. The van der Waals surface area contributed by atoms with Gasteiger partial charge in [0.25, 0.3) is 0 Å². The minimum atomic E-state index is -0.167. The molecule has 1 amide bonds. The van der Waals surface area contributed by atoms with Gasteiger partial charge in [0, 0.05) is 12.6 Å². The largest absolute Gasteiger partial charge is 0.493 e. The van der Waals surface area contributed by atoms with Gasteiger partial charge in [-0.15, -0.1) is 0 Å². The molecule has 1 aromatic heterocycles. The van der Waals surface area contributed by atoms with Gasteiger partial charge in [-0.1, -0.05) is 30.3 Å². The number of amides is 1. The third kappa shape index (κ3) is 3.91. The van der Waals surface area contributed by atoms with E-state index in [1.54, 1.807) is 31.6 Å². The van der Waals surface area contributed by atoms with Gasteiger partial charge in [-0.05, 0) is 63.7 Å². The summed E-state index contributed by atoms with van der Waals surface area (Å²) in [6, 6.07) is 16.0. The molecule has 0 saturated heterocycles. The van der Waals surface area contributed by atoms with E-state index in [-0.39, 0.29) is 11.9 Å². The first-order valence-electron chi connectivity index (χ1n) is 9.52. The SMILES string of the molecule is COc1cc2c(cc1OC)C(c1ccccc1)N(C(=O)/C=C/c1ccsc1)CC2. The standard InChI is InChI=1S/C24H23NO3S/c1-27-21-14-19-10-12-25(23(26)9-8-17-11-13-29-16-17)24(18-6-4-3-5-7-18)20(19)15-22(21)28-2/h3-9,11,13-16,24H,10,12H2,1-2H3/b9-8+. The topological polar surface area (TPSA) is 38.8 Å². The molecule has 0 N–H and O–H groups in total. The number of hydrogen-bond donors (Lipinski definition) is 0. The molecule has 1 aliphatic heterocycles. The van der Waals surface area contributed by atoms with E-state index in [4.69, 9.17) is 9.47 Å². The second kappa shape index (κ2) is 8.53. The van der Waals surface area contributed by atoms with Crippen molar-refractivity contribution in [1.82, 2.24) is 4.90 Å². The summed E-state index contributed by atoms with van der Waals surface area (Å²) in [5.74, 6) is 1.40. The Morgan fingerprint density at radius 1 is 1.10 bits per heavy atom. The zero-order chi connectivity index (χ0) is 20.2. The van der Waals surface area contributed by atoms with Crippen molar-refractivity contribution in [3.05, 3.63) is 87.6 Å². The third-order valence-electron chi connectivity index (χ3n) is 5.23. The van der Waals surface area contributed by atoms with Gasteiger partial charge in [0.15, 0.2) is 11.5 Å². The van der Waals surface area contributed by atoms with Gasteiger partial charge in [0.2, 0.25) is 5.91 Å². The smallest absolute Gasteiger partial charge is 0.247 e. The predicted molar refractivity (Wildman–Crippen MR) is 117 cm³/mol. The van der Waals surface area contributed by atoms with Crippen molar-refractivity contribution in [2.75, 3.05) is 20.8 Å². The first-order chi connectivity index (χ1) is 14.2. The number of rotatable bonds is 5. The minimum absolute atomic E-state index is 0.00508. The molecular formula is C24H23NO3S. The van der Waals surface area contributed by atoms with Crippen molar-refractivity contribution in [2.45, 2.75) is 12.5 Å². The van der Waals surface area contributed by atoms with Crippen LogP contribution in [-0.2, 0) is 11.2 Å². The number of nitrogens with zero attached hydrogens (tertiary/aromatic N) is 1. The normalized spacial score (nSPS) is 15.9. The summed E-state index contributed by atoms with van der Waals surface area (Å²) in [5, 5.41) is 4.04. The molecule has 0 spiro atoms. The van der Waals surface area contributed by atoms with Crippen molar-refractivity contribution < 1.29 is 14.3 Å². The maximum Gasteiger partial charge on any atom is 0.247 e. The minimum Gasteiger partial charge on any atom is -0.493 e. The Morgan fingerprint density at radius 3 is 2.55 bits per heavy atom. The van der Waals surface area contributed by atoms with Crippen LogP contribution in [0.4, 0.5) is 0 Å². The number of ether oxygens (including phenoxy) is 2. The Labute approximate surface area is 175 Å². The maximum absolute atomic E-state index is 13.2. The Balaban J connectivity index is 1.76. The second-order valence-electron chi connectivity index (χ2n) is 6.89. The van der Waals surface area contributed by atoms with Gasteiger partial charge in [0.05, 0.1) is 20.3 Å². The first-order valence-corrected chi connectivity index (χ1v) is 10.5. The molecule has 1 unspecified atom stereocenters. The monoisotopic (exact) mass is 405 g/mol. The zero-order valence-electron chi connectivity index (χ0n) is 16.5. The van der Waals surface area contributed by atoms with Gasteiger partial charge in [-0.3, -0.25) is 4.79 Å². The molecule has 4 rings (SSSR count). The van der Waals surface area contributed by atoms with Gasteiger partial charge in [0.1, 0.15) is 0 Å². The summed E-state index contributed by atoms with van der Waals surface area (Å²) >= 11 is 1.62. The summed E-state index contributed by atoms with van der Waals surface area (Å²) < 4.78 is 11.0. The van der Waals surface area contributed by atoms with Crippen LogP contribution in [0, 0.1) is 0 Å². The van der Waals surface area contributed by atoms with E-state index in [9.17, 15) is 4.79 Å². The lowest BCUT2D eigenvalue weighted by molar-refractivity contribution is -0.127. The lowest BCUT2D eigenvalue weighted by Gasteiger charge is -2.37. The molecule has 29 heavy (non-hydrogen) atoms. The number of thiophene rings is 1. The molecule has 0 saturated carbocycles. The van der Waals surface area contributed by atoms with E-state index < -0.39 is 0 Å². The van der Waals surface area contributed by atoms with Crippen molar-refractivity contribution in [3.63, 3.8) is 0 Å². The highest BCUT2D eigenvalue weighted by atomic mass is 32.1. The molecule has 0 radical (unpaired) electrons. The summed E-state index contributed by atoms with van der Waals surface area (Å²) in [5.41, 5.74) is 4.39. The van der Waals surface area contributed by atoms with Crippen LogP contribution >= 0.6 is 11.3 Å². The number of methoxy groups -OCH3 is 2. The van der Waals surface area contributed by atoms with E-state index in [1.165, 1.54) is 5.56 Å². The van der Waals surface area contributed by atoms with E-state index in [1.807, 2.05) is 58.1 Å². The molecule has 3 aromatic rings. The van der Waals surface area contributed by atoms with Crippen LogP contribution in [0.25, 0.3) is 6.08 Å². The predicted octanol–water partition coefficient (Wildman–Crippen LogP) is 4.95. The Morgan fingerprint density at radius 2 is 1.86 bits per heavy atom. The lowest BCUT2D eigenvalue weighted by Crippen LogP contribution is -2.39. The molecule has 0 bridgehead atoms. The molecule has 2 heterocycles. The molecule has 0 aliphatic carbocycles. The van der Waals surface area contributed by atoms with Crippen LogP contribution in [-0.4, -0.2) is 31.6 Å². The van der Waals surface area contributed by atoms with Gasteiger partial charge < -0.3 is 14.4 Å². The summed E-state index contributed by atoms with van der Waals surface area (Å²) in [6.45, 7) is 0.648. The van der Waals surface area contributed by atoms with Crippen molar-refractivity contribution >= 4 is 23.3 Å². The van der Waals surface area contributed by atoms with Crippen LogP contribution in [0.1, 0.15) is 28.3 Å². The Kier molecular flexibility index (Phi) is 5.67. The fraction of sp³-hybridized carbons (Fsp3) is 0.208. The second-order valence-corrected chi connectivity index (χ2v) is 7.67. The highest BCUT2D eigenvalue weighted by Gasteiger charge is 2.32. The molecule has 2 aromatic carbocycles. The van der Waals surface area contributed by atoms with Crippen molar-refractivity contribution in [3.8, 4) is 11.5 Å². The van der Waals surface area contributed by atoms with Crippen LogP contribution in [0.2, 0.25) is 0 Å². The lowest BCUT2D eigenvalue weighted by atomic mass is 9.87. The van der Waals surface area contributed by atoms with Crippen molar-refractivity contribution in [1.29, 1.82) is 0 Å². The molecule has 4 nitrogen and oxygen atoms in total. The molecule has 1 aliphatic rings. The van der Waals surface area contributed by atoms with Gasteiger partial charge in [-0.25, -0.2) is 0 Å². The third-order valence-corrected chi connectivity index (χ3v) is 5.94. The van der Waals surface area contributed by atoms with Gasteiger partial charge >= 0.3 is 0 Å². The van der Waals surface area contributed by atoms with E-state index >= 15 is 0 Å². The maximum atomic E-state index is 13.2. The number of fused-ring (bicyclic) bond motifs is 1. The Hall–Kier alpha value is -3.05. The van der Waals surface area contributed by atoms with Gasteiger partial charge in [-0.2, -0.15) is 11.3 Å². The van der Waals surface area contributed by atoms with E-state index in [0.717, 1.165) is 28.9 Å². The number of benzene rings is 2. The first kappa shape index (κ1) is 19.3. The molecular weight excluding hydrogens is 382 g/mol. The average Bonchev–Trinajstić information content (AvgIpc) is 3.30. The van der Waals surface area contributed by atoms with E-state index in [2.05, 4.69) is 12.1 Å². The summed E-state index contributed by atoms with van der Waals surface area (Å²) in [4.78, 5) is 15.1. The highest BCUT2D eigenvalue weighted by Crippen LogP contribution is 2.41. The number of carbonyl (C=O) groups is 1. The molecule has 148 valence electrons. The quantitative estimate of drug-likeness (QED) is 0.564. The van der Waals surface area contributed by atoms with Crippen molar-refractivity contribution in [2.24, 2.45) is 0 Å².